The number of aromatic nitrogens is 2. The van der Waals surface area contributed by atoms with Gasteiger partial charge in [-0.1, -0.05) is 36.4 Å². The van der Waals surface area contributed by atoms with Crippen LogP contribution in [-0.4, -0.2) is 16.0 Å². The summed E-state index contributed by atoms with van der Waals surface area (Å²) in [7, 11) is 0. The minimum absolute atomic E-state index is 0.107. The number of hydrogen-bond donors (Lipinski definition) is 1. The molecule has 8 heteroatoms. The third kappa shape index (κ3) is 4.22. The summed E-state index contributed by atoms with van der Waals surface area (Å²) in [6.07, 6.45) is -1.18. The third-order valence-corrected chi connectivity index (χ3v) is 5.02. The van der Waals surface area contributed by atoms with Crippen molar-refractivity contribution in [3.63, 3.8) is 0 Å². The number of anilines is 1. The first-order valence-electron chi connectivity index (χ1n) is 8.66. The zero-order valence-corrected chi connectivity index (χ0v) is 15.8. The first kappa shape index (κ1) is 18.9. The summed E-state index contributed by atoms with van der Waals surface area (Å²) in [4.78, 5) is 0.942. The molecule has 0 radical (unpaired) electrons. The van der Waals surface area contributed by atoms with E-state index < -0.39 is 11.7 Å². The second-order valence-electron chi connectivity index (χ2n) is 6.10. The highest BCUT2D eigenvalue weighted by molar-refractivity contribution is 7.13. The van der Waals surface area contributed by atoms with E-state index in [1.165, 1.54) is 35.8 Å². The van der Waals surface area contributed by atoms with Gasteiger partial charge in [-0.05, 0) is 35.7 Å². The number of halogens is 3. The molecule has 0 aliphatic rings. The van der Waals surface area contributed by atoms with Crippen LogP contribution in [0.4, 0.5) is 18.9 Å². The first-order chi connectivity index (χ1) is 14.0. The molecule has 0 atom stereocenters. The van der Waals surface area contributed by atoms with E-state index in [0.717, 1.165) is 16.6 Å². The van der Waals surface area contributed by atoms with E-state index in [2.05, 4.69) is 15.6 Å². The summed E-state index contributed by atoms with van der Waals surface area (Å²) in [5.41, 5.74) is 3.90. The maximum Gasteiger partial charge on any atom is 0.418 e. The van der Waals surface area contributed by atoms with Crippen molar-refractivity contribution in [3.8, 4) is 16.3 Å². The Kier molecular flexibility index (Phi) is 5.18. The Morgan fingerprint density at radius 3 is 2.45 bits per heavy atom. The molecule has 0 saturated heterocycles. The number of para-hydroxylation sites is 2. The summed E-state index contributed by atoms with van der Waals surface area (Å²) in [5.74, 6) is 0. The molecule has 0 fully saturated rings. The van der Waals surface area contributed by atoms with Crippen LogP contribution < -0.4 is 5.43 Å². The van der Waals surface area contributed by atoms with Crippen molar-refractivity contribution in [1.29, 1.82) is 0 Å². The SMILES string of the molecule is FC(F)(F)c1ccccc1N/N=C\c1cn(-c2ccccc2)nc1-c1cccs1. The Labute approximate surface area is 168 Å². The summed E-state index contributed by atoms with van der Waals surface area (Å²) >= 11 is 1.53. The lowest BCUT2D eigenvalue weighted by Gasteiger charge is -2.11. The molecule has 2 heterocycles. The molecule has 2 aromatic heterocycles. The molecule has 0 spiro atoms. The molecule has 1 N–H and O–H groups in total. The van der Waals surface area contributed by atoms with Gasteiger partial charge in [0.05, 0.1) is 28.0 Å². The van der Waals surface area contributed by atoms with Crippen LogP contribution in [0.5, 0.6) is 0 Å². The van der Waals surface area contributed by atoms with Gasteiger partial charge < -0.3 is 0 Å². The maximum atomic E-state index is 13.1. The molecule has 0 unspecified atom stereocenters. The van der Waals surface area contributed by atoms with Gasteiger partial charge in [0.15, 0.2) is 0 Å². The summed E-state index contributed by atoms with van der Waals surface area (Å²) in [6, 6.07) is 18.7. The molecule has 4 nitrogen and oxygen atoms in total. The molecule has 0 aliphatic carbocycles. The van der Waals surface area contributed by atoms with Gasteiger partial charge in [0.1, 0.15) is 5.69 Å². The average molecular weight is 412 g/mol. The van der Waals surface area contributed by atoms with Crippen molar-refractivity contribution < 1.29 is 13.2 Å². The van der Waals surface area contributed by atoms with E-state index in [1.807, 2.05) is 47.8 Å². The molecule has 0 amide bonds. The van der Waals surface area contributed by atoms with Gasteiger partial charge in [-0.25, -0.2) is 4.68 Å². The molecular formula is C21H15F3N4S. The molecule has 0 saturated carbocycles. The number of nitrogens with zero attached hydrogens (tertiary/aromatic N) is 3. The van der Waals surface area contributed by atoms with E-state index in [1.54, 1.807) is 10.9 Å². The van der Waals surface area contributed by atoms with Crippen molar-refractivity contribution >= 4 is 23.2 Å². The number of thiophene rings is 1. The highest BCUT2D eigenvalue weighted by Crippen LogP contribution is 2.34. The van der Waals surface area contributed by atoms with Gasteiger partial charge in [0.2, 0.25) is 0 Å². The van der Waals surface area contributed by atoms with Crippen molar-refractivity contribution in [2.75, 3.05) is 5.43 Å². The third-order valence-electron chi connectivity index (χ3n) is 4.14. The molecule has 0 bridgehead atoms. The minimum atomic E-state index is -4.46. The summed E-state index contributed by atoms with van der Waals surface area (Å²) in [6.45, 7) is 0. The lowest BCUT2D eigenvalue weighted by atomic mass is 10.2. The Balaban J connectivity index is 1.66. The Bertz CT molecular complexity index is 1120. The lowest BCUT2D eigenvalue weighted by molar-refractivity contribution is -0.136. The largest absolute Gasteiger partial charge is 0.418 e. The molecule has 0 aliphatic heterocycles. The van der Waals surface area contributed by atoms with Crippen molar-refractivity contribution in [1.82, 2.24) is 9.78 Å². The smallest absolute Gasteiger partial charge is 0.278 e. The second kappa shape index (κ2) is 7.92. The number of rotatable bonds is 5. The van der Waals surface area contributed by atoms with Crippen molar-refractivity contribution in [2.45, 2.75) is 6.18 Å². The number of hydrazone groups is 1. The normalized spacial score (nSPS) is 11.8. The standard InChI is InChI=1S/C21H15F3N4S/c22-21(23,24)17-9-4-5-10-18(17)26-25-13-15-14-28(16-7-2-1-3-8-16)27-20(15)19-11-6-12-29-19/h1-14,26H/b25-13-. The van der Waals surface area contributed by atoms with Crippen LogP contribution >= 0.6 is 11.3 Å². The quantitative estimate of drug-likeness (QED) is 0.320. The van der Waals surface area contributed by atoms with E-state index in [9.17, 15) is 13.2 Å². The van der Waals surface area contributed by atoms with Crippen molar-refractivity contribution in [2.24, 2.45) is 5.10 Å². The molecule has 146 valence electrons. The number of benzene rings is 2. The Hall–Kier alpha value is -3.39. The van der Waals surface area contributed by atoms with Gasteiger partial charge in [0, 0.05) is 11.8 Å². The first-order valence-corrected chi connectivity index (χ1v) is 9.54. The fourth-order valence-corrected chi connectivity index (χ4v) is 3.53. The van der Waals surface area contributed by atoms with Crippen LogP contribution in [0.1, 0.15) is 11.1 Å². The van der Waals surface area contributed by atoms with Gasteiger partial charge in [-0.2, -0.15) is 23.4 Å². The van der Waals surface area contributed by atoms with Crippen LogP contribution in [0, 0.1) is 0 Å². The van der Waals surface area contributed by atoms with E-state index in [4.69, 9.17) is 0 Å². The van der Waals surface area contributed by atoms with Gasteiger partial charge in [-0.15, -0.1) is 11.3 Å². The molecule has 2 aromatic carbocycles. The van der Waals surface area contributed by atoms with E-state index in [-0.39, 0.29) is 5.69 Å². The number of nitrogens with one attached hydrogen (secondary N) is 1. The Morgan fingerprint density at radius 1 is 0.966 bits per heavy atom. The molecular weight excluding hydrogens is 397 g/mol. The van der Waals surface area contributed by atoms with E-state index >= 15 is 0 Å². The van der Waals surface area contributed by atoms with Gasteiger partial charge >= 0.3 is 6.18 Å². The van der Waals surface area contributed by atoms with Gasteiger partial charge in [-0.3, -0.25) is 5.43 Å². The fraction of sp³-hybridized carbons (Fsp3) is 0.0476. The highest BCUT2D eigenvalue weighted by atomic mass is 32.1. The molecule has 4 rings (SSSR count). The maximum absolute atomic E-state index is 13.1. The molecule has 4 aromatic rings. The fourth-order valence-electron chi connectivity index (χ4n) is 2.80. The summed E-state index contributed by atoms with van der Waals surface area (Å²) < 4.78 is 41.1. The summed E-state index contributed by atoms with van der Waals surface area (Å²) in [5, 5.41) is 10.6. The van der Waals surface area contributed by atoms with Crippen molar-refractivity contribution in [3.05, 3.63) is 89.4 Å². The zero-order chi connectivity index (χ0) is 20.3. The van der Waals surface area contributed by atoms with Crippen LogP contribution in [0.2, 0.25) is 0 Å². The van der Waals surface area contributed by atoms with Crippen LogP contribution in [-0.2, 0) is 6.18 Å². The second-order valence-corrected chi connectivity index (χ2v) is 7.05. The number of hydrogen-bond acceptors (Lipinski definition) is 4. The lowest BCUT2D eigenvalue weighted by Crippen LogP contribution is -2.08. The minimum Gasteiger partial charge on any atom is -0.278 e. The zero-order valence-electron chi connectivity index (χ0n) is 15.0. The number of alkyl halides is 3. The molecule has 29 heavy (non-hydrogen) atoms. The average Bonchev–Trinajstić information content (AvgIpc) is 3.38. The van der Waals surface area contributed by atoms with Crippen LogP contribution in [0.3, 0.4) is 0 Å². The highest BCUT2D eigenvalue weighted by Gasteiger charge is 2.33. The van der Waals surface area contributed by atoms with Crippen LogP contribution in [0.15, 0.2) is 83.4 Å². The Morgan fingerprint density at radius 2 is 1.72 bits per heavy atom. The monoisotopic (exact) mass is 412 g/mol. The predicted octanol–water partition coefficient (Wildman–Crippen LogP) is 6.07. The van der Waals surface area contributed by atoms with E-state index in [0.29, 0.717) is 11.3 Å². The topological polar surface area (TPSA) is 42.2 Å². The van der Waals surface area contributed by atoms with Crippen LogP contribution in [0.25, 0.3) is 16.3 Å². The predicted molar refractivity (Wildman–Crippen MR) is 110 cm³/mol. The van der Waals surface area contributed by atoms with Gasteiger partial charge in [0.25, 0.3) is 0 Å².